The molecule has 10 nitrogen and oxygen atoms in total. The third kappa shape index (κ3) is 3.37. The number of hydrogen-bond donors (Lipinski definition) is 4. The number of nitrogens with two attached hydrogens (primary N) is 1. The Morgan fingerprint density at radius 2 is 1.91 bits per heavy atom. The lowest BCUT2D eigenvalue weighted by Gasteiger charge is -2.46. The van der Waals surface area contributed by atoms with Crippen molar-refractivity contribution >= 4 is 23.4 Å². The smallest absolute Gasteiger partial charge is 0.344 e. The van der Waals surface area contributed by atoms with Gasteiger partial charge in [-0.2, -0.15) is 0 Å². The number of aliphatic hydroxyl groups excluding tert-OH is 1. The molecule has 10 heteroatoms. The van der Waals surface area contributed by atoms with Crippen molar-refractivity contribution < 1.29 is 44.0 Å². The number of aliphatic hydroxyl groups is 2. The number of phenolic OH excluding ortho intramolecular Hbond substituents is 1. The van der Waals surface area contributed by atoms with E-state index < -0.39 is 58.8 Å². The molecule has 1 aromatic rings. The maximum Gasteiger partial charge on any atom is 0.344 e. The van der Waals surface area contributed by atoms with Crippen molar-refractivity contribution in [3.63, 3.8) is 0 Å². The van der Waals surface area contributed by atoms with Crippen LogP contribution in [-0.4, -0.2) is 57.6 Å². The quantitative estimate of drug-likeness (QED) is 0.359. The minimum atomic E-state index is -2.57. The zero-order valence-corrected chi connectivity index (χ0v) is 18.7. The second-order valence-electron chi connectivity index (χ2n) is 8.74. The largest absolute Gasteiger partial charge is 0.508 e. The minimum absolute atomic E-state index is 0.0206. The fourth-order valence-electron chi connectivity index (χ4n) is 5.24. The van der Waals surface area contributed by atoms with E-state index in [4.69, 9.17) is 15.2 Å². The maximum atomic E-state index is 13.3. The molecule has 0 aromatic heterocycles. The van der Waals surface area contributed by atoms with Crippen LogP contribution in [0.25, 0.3) is 0 Å². The first kappa shape index (κ1) is 23.5. The van der Waals surface area contributed by atoms with Gasteiger partial charge in [-0.3, -0.25) is 14.4 Å². The number of Topliss-reactive ketones (excluding diaryl/α,β-unsaturated/α-hetero) is 2. The van der Waals surface area contributed by atoms with E-state index >= 15 is 0 Å². The molecule has 34 heavy (non-hydrogen) atoms. The molecule has 5 N–H and O–H groups in total. The molecule has 0 aliphatic heterocycles. The third-order valence-corrected chi connectivity index (χ3v) is 6.83. The van der Waals surface area contributed by atoms with Crippen molar-refractivity contribution in [1.82, 2.24) is 0 Å². The number of aryl methyl sites for hydroxylation is 1. The number of carbonyl (C=O) groups excluding carboxylic acids is 4. The number of esters is 1. The first-order chi connectivity index (χ1) is 16.0. The van der Waals surface area contributed by atoms with Gasteiger partial charge in [0.25, 0.3) is 5.91 Å². The SMILES string of the molecule is CCOC(=O)COC1=C(C(N)=O)C(=O)[C@@]2(O)C(O)=C3C(=O)c4c(O)ccc(C)c4C[C@H]3C[C@H]2C1. The van der Waals surface area contributed by atoms with Crippen molar-refractivity contribution in [3.8, 4) is 5.75 Å². The fraction of sp³-hybridized carbons (Fsp3) is 0.417. The first-order valence-electron chi connectivity index (χ1n) is 10.9. The average Bonchev–Trinajstić information content (AvgIpc) is 2.77. The molecule has 0 spiro atoms. The van der Waals surface area contributed by atoms with Crippen LogP contribution in [0.4, 0.5) is 0 Å². The molecule has 0 heterocycles. The number of hydrogen-bond acceptors (Lipinski definition) is 9. The van der Waals surface area contributed by atoms with E-state index in [1.165, 1.54) is 6.07 Å². The molecule has 1 amide bonds. The van der Waals surface area contributed by atoms with Gasteiger partial charge in [-0.15, -0.1) is 0 Å². The number of carbonyl (C=O) groups is 4. The van der Waals surface area contributed by atoms with E-state index in [0.29, 0.717) is 12.0 Å². The molecule has 3 aliphatic carbocycles. The van der Waals surface area contributed by atoms with Crippen LogP contribution in [0.1, 0.15) is 41.3 Å². The number of rotatable bonds is 5. The Hall–Kier alpha value is -3.66. The van der Waals surface area contributed by atoms with Gasteiger partial charge >= 0.3 is 5.97 Å². The standard InChI is InChI=1S/C24H25NO9/c1-3-33-16(27)9-34-15-8-12-6-11-7-13-10(2)4-5-14(26)18(13)20(28)17(11)21(29)24(12,32)22(30)19(15)23(25)31/h4-5,11-12,26,29,32H,3,6-9H2,1-2H3,(H2,25,31)/t11-,12+,24+/m1/s1. The van der Waals surface area contributed by atoms with Crippen molar-refractivity contribution in [2.24, 2.45) is 17.6 Å². The Labute approximate surface area is 194 Å². The number of allylic oxidation sites excluding steroid dienone is 2. The van der Waals surface area contributed by atoms with Crippen LogP contribution in [0.5, 0.6) is 5.75 Å². The number of ketones is 2. The summed E-state index contributed by atoms with van der Waals surface area (Å²) in [7, 11) is 0. The van der Waals surface area contributed by atoms with Crippen LogP contribution in [0.15, 0.2) is 34.8 Å². The van der Waals surface area contributed by atoms with Gasteiger partial charge in [0.2, 0.25) is 5.78 Å². The number of ether oxygens (including phenoxy) is 2. The molecule has 1 aromatic carbocycles. The number of primary amides is 1. The van der Waals surface area contributed by atoms with Crippen LogP contribution in [0.2, 0.25) is 0 Å². The average molecular weight is 471 g/mol. The van der Waals surface area contributed by atoms with Gasteiger partial charge in [0, 0.05) is 17.9 Å². The van der Waals surface area contributed by atoms with E-state index in [1.807, 2.05) is 0 Å². The van der Waals surface area contributed by atoms with Crippen molar-refractivity contribution in [3.05, 3.63) is 51.5 Å². The Morgan fingerprint density at radius 3 is 2.56 bits per heavy atom. The van der Waals surface area contributed by atoms with Gasteiger partial charge in [-0.05, 0) is 49.8 Å². The van der Waals surface area contributed by atoms with E-state index in [2.05, 4.69) is 0 Å². The Morgan fingerprint density at radius 1 is 1.21 bits per heavy atom. The summed E-state index contributed by atoms with van der Waals surface area (Å²) in [5, 5.41) is 32.8. The monoisotopic (exact) mass is 471 g/mol. The number of amides is 1. The van der Waals surface area contributed by atoms with Crippen LogP contribution in [0.3, 0.4) is 0 Å². The summed E-state index contributed by atoms with van der Waals surface area (Å²) in [5.74, 6) is -6.58. The highest BCUT2D eigenvalue weighted by molar-refractivity contribution is 6.24. The molecule has 3 aliphatic rings. The van der Waals surface area contributed by atoms with Gasteiger partial charge in [-0.25, -0.2) is 4.79 Å². The third-order valence-electron chi connectivity index (χ3n) is 6.83. The van der Waals surface area contributed by atoms with Crippen LogP contribution >= 0.6 is 0 Å². The van der Waals surface area contributed by atoms with Gasteiger partial charge in [0.05, 0.1) is 12.2 Å². The number of aromatic hydroxyl groups is 1. The maximum absolute atomic E-state index is 13.3. The molecular formula is C24H25NO9. The van der Waals surface area contributed by atoms with Crippen molar-refractivity contribution in [2.45, 2.75) is 38.7 Å². The van der Waals surface area contributed by atoms with Crippen LogP contribution in [0, 0.1) is 18.8 Å². The van der Waals surface area contributed by atoms with E-state index in [1.54, 1.807) is 19.9 Å². The molecule has 0 saturated carbocycles. The normalized spacial score (nSPS) is 26.0. The van der Waals surface area contributed by atoms with Crippen LogP contribution < -0.4 is 5.73 Å². The molecule has 180 valence electrons. The summed E-state index contributed by atoms with van der Waals surface area (Å²) in [4.78, 5) is 50.4. The van der Waals surface area contributed by atoms with E-state index in [-0.39, 0.29) is 42.1 Å². The van der Waals surface area contributed by atoms with Gasteiger partial charge in [0.1, 0.15) is 22.8 Å². The zero-order valence-electron chi connectivity index (χ0n) is 18.7. The summed E-state index contributed by atoms with van der Waals surface area (Å²) in [5.41, 5.74) is 3.39. The lowest BCUT2D eigenvalue weighted by molar-refractivity contribution is -0.150. The zero-order chi connectivity index (χ0) is 24.9. The Kier molecular flexibility index (Phi) is 5.72. The predicted molar refractivity (Wildman–Crippen MR) is 116 cm³/mol. The Bertz CT molecular complexity index is 1200. The van der Waals surface area contributed by atoms with Crippen LogP contribution in [-0.2, 0) is 30.3 Å². The molecule has 0 unspecified atom stereocenters. The molecule has 0 saturated heterocycles. The lowest BCUT2D eigenvalue weighted by atomic mass is 9.60. The highest BCUT2D eigenvalue weighted by atomic mass is 16.6. The molecule has 3 atom stereocenters. The fourth-order valence-corrected chi connectivity index (χ4v) is 5.24. The number of phenols is 1. The highest BCUT2D eigenvalue weighted by Gasteiger charge is 2.60. The second kappa shape index (κ2) is 8.28. The van der Waals surface area contributed by atoms with Crippen molar-refractivity contribution in [2.75, 3.05) is 13.2 Å². The van der Waals surface area contributed by atoms with Crippen molar-refractivity contribution in [1.29, 1.82) is 0 Å². The van der Waals surface area contributed by atoms with E-state index in [9.17, 15) is 34.5 Å². The second-order valence-corrected chi connectivity index (χ2v) is 8.74. The number of benzene rings is 1. The molecule has 0 fully saturated rings. The summed E-state index contributed by atoms with van der Waals surface area (Å²) < 4.78 is 10.2. The Balaban J connectivity index is 1.79. The van der Waals surface area contributed by atoms with Gasteiger partial charge in [-0.1, -0.05) is 6.07 Å². The highest BCUT2D eigenvalue weighted by Crippen LogP contribution is 2.51. The molecular weight excluding hydrogens is 446 g/mol. The summed E-state index contributed by atoms with van der Waals surface area (Å²) in [6.07, 6.45) is 0.237. The molecule has 0 bridgehead atoms. The summed E-state index contributed by atoms with van der Waals surface area (Å²) in [6.45, 7) is 2.95. The van der Waals surface area contributed by atoms with Gasteiger partial charge in [0.15, 0.2) is 18.0 Å². The van der Waals surface area contributed by atoms with E-state index in [0.717, 1.165) is 5.56 Å². The molecule has 0 radical (unpaired) electrons. The molecule has 4 rings (SSSR count). The lowest BCUT2D eigenvalue weighted by Crippen LogP contribution is -2.57. The number of fused-ring (bicyclic) bond motifs is 3. The summed E-state index contributed by atoms with van der Waals surface area (Å²) in [6, 6.07) is 3.06. The summed E-state index contributed by atoms with van der Waals surface area (Å²) >= 11 is 0. The minimum Gasteiger partial charge on any atom is -0.508 e. The topological polar surface area (TPSA) is 173 Å². The van der Waals surface area contributed by atoms with Gasteiger partial charge < -0.3 is 30.5 Å². The predicted octanol–water partition coefficient (Wildman–Crippen LogP) is 0.911. The first-order valence-corrected chi connectivity index (χ1v) is 10.9.